The van der Waals surface area contributed by atoms with Crippen molar-refractivity contribution < 1.29 is 0 Å². The van der Waals surface area contributed by atoms with E-state index >= 15 is 0 Å². The van der Waals surface area contributed by atoms with Crippen LogP contribution < -0.4 is 0 Å². The summed E-state index contributed by atoms with van der Waals surface area (Å²) in [6.07, 6.45) is 13.2. The van der Waals surface area contributed by atoms with E-state index in [4.69, 9.17) is 0 Å². The predicted molar refractivity (Wildman–Crippen MR) is 66.9 cm³/mol. The van der Waals surface area contributed by atoms with Gasteiger partial charge in [-0.3, -0.25) is 0 Å². The Bertz CT molecular complexity index is 305. The van der Waals surface area contributed by atoms with Crippen LogP contribution in [0.3, 0.4) is 0 Å². The van der Waals surface area contributed by atoms with Gasteiger partial charge < -0.3 is 0 Å². The van der Waals surface area contributed by atoms with Gasteiger partial charge in [-0.2, -0.15) is 0 Å². The summed E-state index contributed by atoms with van der Waals surface area (Å²) in [4.78, 5) is 0. The zero-order chi connectivity index (χ0) is 10.7. The molecule has 4 bridgehead atoms. The van der Waals surface area contributed by atoms with Crippen LogP contribution in [0.25, 0.3) is 0 Å². The molecule has 0 unspecified atom stereocenters. The molecule has 0 amide bonds. The van der Waals surface area contributed by atoms with Gasteiger partial charge in [0.15, 0.2) is 0 Å². The summed E-state index contributed by atoms with van der Waals surface area (Å²) in [6, 6.07) is 0. The fourth-order valence-corrected chi connectivity index (χ4v) is 6.13. The molecule has 0 aliphatic heterocycles. The molecule has 4 fully saturated rings. The standard InChI is InChI=1S/C16H24/c1-2-14-12-5-6-13(9-12)16(14)15-8-10-3-4-11(15)7-10/h2,10-16H,1,3-9H2/t10-,11+,12+,13-,14+,15+,16-/m0/s1. The summed E-state index contributed by atoms with van der Waals surface area (Å²) >= 11 is 0. The molecule has 4 rings (SSSR count). The van der Waals surface area contributed by atoms with Crippen LogP contribution in [0.1, 0.15) is 44.9 Å². The molecule has 0 nitrogen and oxygen atoms in total. The lowest BCUT2D eigenvalue weighted by Crippen LogP contribution is -2.31. The Morgan fingerprint density at radius 2 is 1.62 bits per heavy atom. The van der Waals surface area contributed by atoms with Gasteiger partial charge in [-0.25, -0.2) is 0 Å². The molecular formula is C16H24. The smallest absolute Gasteiger partial charge is 0.0174 e. The Kier molecular flexibility index (Phi) is 2.05. The SMILES string of the molecule is C=C[C@@H]1[C@@H]2CC[C@@H](C2)[C@@H]1[C@@H]1C[C@H]2CC[C@@H]1C2. The minimum atomic E-state index is 0.906. The number of rotatable bonds is 2. The Balaban J connectivity index is 1.60. The van der Waals surface area contributed by atoms with E-state index in [0.717, 1.165) is 41.4 Å². The third-order valence-electron chi connectivity index (χ3n) is 6.61. The maximum absolute atomic E-state index is 4.15. The summed E-state index contributed by atoms with van der Waals surface area (Å²) < 4.78 is 0. The molecule has 16 heavy (non-hydrogen) atoms. The van der Waals surface area contributed by atoms with Gasteiger partial charge in [0.05, 0.1) is 0 Å². The molecule has 0 spiro atoms. The molecule has 4 aliphatic carbocycles. The molecule has 4 aliphatic rings. The molecule has 0 N–H and O–H groups in total. The number of hydrogen-bond acceptors (Lipinski definition) is 0. The molecule has 7 atom stereocenters. The van der Waals surface area contributed by atoms with Crippen molar-refractivity contribution in [1.82, 2.24) is 0 Å². The van der Waals surface area contributed by atoms with Gasteiger partial charge in [0, 0.05) is 0 Å². The van der Waals surface area contributed by atoms with Crippen LogP contribution in [-0.4, -0.2) is 0 Å². The third-order valence-corrected chi connectivity index (χ3v) is 6.61. The highest BCUT2D eigenvalue weighted by Gasteiger charge is 2.53. The Morgan fingerprint density at radius 3 is 2.31 bits per heavy atom. The van der Waals surface area contributed by atoms with Crippen LogP contribution in [0.2, 0.25) is 0 Å². The van der Waals surface area contributed by atoms with E-state index in [1.54, 1.807) is 38.5 Å². The van der Waals surface area contributed by atoms with Crippen molar-refractivity contribution in [2.75, 3.05) is 0 Å². The van der Waals surface area contributed by atoms with Crippen LogP contribution in [0.15, 0.2) is 12.7 Å². The molecule has 0 aromatic heterocycles. The second-order valence-corrected chi connectivity index (χ2v) is 7.06. The first-order valence-electron chi connectivity index (χ1n) is 7.49. The highest BCUT2D eigenvalue weighted by molar-refractivity contribution is 5.07. The highest BCUT2D eigenvalue weighted by atomic mass is 14.6. The fourth-order valence-electron chi connectivity index (χ4n) is 6.13. The first-order valence-corrected chi connectivity index (χ1v) is 7.49. The van der Waals surface area contributed by atoms with Gasteiger partial charge in [-0.15, -0.1) is 6.58 Å². The Labute approximate surface area is 99.5 Å². The molecule has 0 aromatic rings. The van der Waals surface area contributed by atoms with E-state index < -0.39 is 0 Å². The summed E-state index contributed by atoms with van der Waals surface area (Å²) in [5, 5.41) is 0. The molecular weight excluding hydrogens is 192 g/mol. The molecule has 0 aromatic carbocycles. The maximum atomic E-state index is 4.15. The zero-order valence-corrected chi connectivity index (χ0v) is 10.3. The third kappa shape index (κ3) is 1.17. The predicted octanol–water partition coefficient (Wildman–Crippen LogP) is 4.27. The number of fused-ring (bicyclic) bond motifs is 4. The number of allylic oxidation sites excluding steroid dienone is 1. The summed E-state index contributed by atoms with van der Waals surface area (Å²) in [6.45, 7) is 4.15. The lowest BCUT2D eigenvalue weighted by Gasteiger charge is -2.37. The van der Waals surface area contributed by atoms with Crippen molar-refractivity contribution in [3.8, 4) is 0 Å². The lowest BCUT2D eigenvalue weighted by atomic mass is 9.67. The quantitative estimate of drug-likeness (QED) is 0.605. The van der Waals surface area contributed by atoms with E-state index in [9.17, 15) is 0 Å². The average molecular weight is 216 g/mol. The first kappa shape index (κ1) is 9.74. The molecule has 88 valence electrons. The maximum Gasteiger partial charge on any atom is -0.0174 e. The molecule has 0 saturated heterocycles. The van der Waals surface area contributed by atoms with Gasteiger partial charge in [-0.05, 0) is 80.0 Å². The van der Waals surface area contributed by atoms with Crippen LogP contribution in [0, 0.1) is 41.4 Å². The average Bonchev–Trinajstić information content (AvgIpc) is 3.05. The summed E-state index contributed by atoms with van der Waals surface area (Å²) in [5.74, 6) is 7.45. The lowest BCUT2D eigenvalue weighted by molar-refractivity contribution is 0.129. The Hall–Kier alpha value is -0.260. The monoisotopic (exact) mass is 216 g/mol. The van der Waals surface area contributed by atoms with Crippen molar-refractivity contribution in [3.63, 3.8) is 0 Å². The van der Waals surface area contributed by atoms with Gasteiger partial charge in [-0.1, -0.05) is 12.5 Å². The van der Waals surface area contributed by atoms with Gasteiger partial charge >= 0.3 is 0 Å². The van der Waals surface area contributed by atoms with E-state index in [2.05, 4.69) is 12.7 Å². The van der Waals surface area contributed by atoms with Crippen LogP contribution in [-0.2, 0) is 0 Å². The van der Waals surface area contributed by atoms with E-state index in [-0.39, 0.29) is 0 Å². The summed E-state index contributed by atoms with van der Waals surface area (Å²) in [7, 11) is 0. The van der Waals surface area contributed by atoms with Crippen LogP contribution in [0.4, 0.5) is 0 Å². The second-order valence-electron chi connectivity index (χ2n) is 7.06. The second kappa shape index (κ2) is 3.37. The van der Waals surface area contributed by atoms with Crippen molar-refractivity contribution in [1.29, 1.82) is 0 Å². The fraction of sp³-hybridized carbons (Fsp3) is 0.875. The molecule has 0 heteroatoms. The first-order chi connectivity index (χ1) is 7.86. The highest BCUT2D eigenvalue weighted by Crippen LogP contribution is 2.62. The summed E-state index contributed by atoms with van der Waals surface area (Å²) in [5.41, 5.74) is 0. The van der Waals surface area contributed by atoms with Crippen molar-refractivity contribution >= 4 is 0 Å². The minimum Gasteiger partial charge on any atom is -0.103 e. The van der Waals surface area contributed by atoms with Crippen LogP contribution >= 0.6 is 0 Å². The Morgan fingerprint density at radius 1 is 0.812 bits per heavy atom. The van der Waals surface area contributed by atoms with Crippen LogP contribution in [0.5, 0.6) is 0 Å². The van der Waals surface area contributed by atoms with Crippen molar-refractivity contribution in [3.05, 3.63) is 12.7 Å². The van der Waals surface area contributed by atoms with Gasteiger partial charge in [0.2, 0.25) is 0 Å². The topological polar surface area (TPSA) is 0 Å². The van der Waals surface area contributed by atoms with Gasteiger partial charge in [0.1, 0.15) is 0 Å². The molecule has 4 saturated carbocycles. The molecule has 0 radical (unpaired) electrons. The van der Waals surface area contributed by atoms with E-state index in [0.29, 0.717) is 0 Å². The normalized spacial score (nSPS) is 58.4. The van der Waals surface area contributed by atoms with E-state index in [1.807, 2.05) is 0 Å². The van der Waals surface area contributed by atoms with Crippen molar-refractivity contribution in [2.24, 2.45) is 41.4 Å². The minimum absolute atomic E-state index is 0.906. The van der Waals surface area contributed by atoms with Crippen molar-refractivity contribution in [2.45, 2.75) is 44.9 Å². The number of hydrogen-bond donors (Lipinski definition) is 0. The van der Waals surface area contributed by atoms with Gasteiger partial charge in [0.25, 0.3) is 0 Å². The largest absolute Gasteiger partial charge is 0.103 e. The zero-order valence-electron chi connectivity index (χ0n) is 10.3. The van der Waals surface area contributed by atoms with E-state index in [1.165, 1.54) is 6.42 Å². The molecule has 0 heterocycles.